The van der Waals surface area contributed by atoms with Crippen LogP contribution in [0.3, 0.4) is 0 Å². The van der Waals surface area contributed by atoms with Crippen molar-refractivity contribution in [2.45, 2.75) is 27.7 Å². The second-order valence-electron chi connectivity index (χ2n) is 4.33. The highest BCUT2D eigenvalue weighted by molar-refractivity contribution is 7.22. The second kappa shape index (κ2) is 2.45. The molecule has 0 heterocycles. The van der Waals surface area contributed by atoms with E-state index in [1.807, 2.05) is 0 Å². The lowest BCUT2D eigenvalue weighted by Gasteiger charge is -2.42. The molecule has 62 valence electrons. The van der Waals surface area contributed by atoms with Gasteiger partial charge in [-0.15, -0.1) is 9.24 Å². The molecule has 0 bridgehead atoms. The first-order valence-electron chi connectivity index (χ1n) is 4.03. The van der Waals surface area contributed by atoms with Crippen molar-refractivity contribution >= 4 is 9.24 Å². The largest absolute Gasteiger partial charge is 0.110 e. The fourth-order valence-electron chi connectivity index (χ4n) is 1.18. The molecule has 0 aromatic carbocycles. The van der Waals surface area contributed by atoms with Crippen LogP contribution in [0.25, 0.3) is 0 Å². The normalized spacial score (nSPS) is 26.5. The maximum atomic E-state index is 2.83. The minimum atomic E-state index is 0.270. The third-order valence-electron chi connectivity index (χ3n) is 3.12. The Balaban J connectivity index is 3.09. The summed E-state index contributed by atoms with van der Waals surface area (Å²) in [5.74, 6) is 0. The van der Waals surface area contributed by atoms with Gasteiger partial charge in [0.05, 0.1) is 0 Å². The van der Waals surface area contributed by atoms with Crippen LogP contribution in [0, 0.1) is 10.8 Å². The van der Waals surface area contributed by atoms with Gasteiger partial charge in [-0.2, -0.15) is 0 Å². The molecule has 0 nitrogen and oxygen atoms in total. The number of allylic oxidation sites excluding steroid dienone is 4. The zero-order valence-corrected chi connectivity index (χ0v) is 8.96. The summed E-state index contributed by atoms with van der Waals surface area (Å²) in [6.07, 6.45) is 6.60. The Kier molecular flexibility index (Phi) is 2.01. The quantitative estimate of drug-likeness (QED) is 0.486. The van der Waals surface area contributed by atoms with Crippen molar-refractivity contribution in [2.75, 3.05) is 0 Å². The highest BCUT2D eigenvalue weighted by Crippen LogP contribution is 2.49. The number of rotatable bonds is 0. The van der Waals surface area contributed by atoms with Gasteiger partial charge in [-0.05, 0) is 16.1 Å². The highest BCUT2D eigenvalue weighted by atomic mass is 31.0. The molecule has 1 aliphatic rings. The maximum Gasteiger partial charge on any atom is -0.00187 e. The summed E-state index contributed by atoms with van der Waals surface area (Å²) in [4.78, 5) is 0. The molecular weight excluding hydrogens is 151 g/mol. The first-order chi connectivity index (χ1) is 4.88. The molecule has 0 amide bonds. The Morgan fingerprint density at radius 2 is 1.73 bits per heavy atom. The van der Waals surface area contributed by atoms with Crippen LogP contribution in [0.2, 0.25) is 0 Å². The van der Waals surface area contributed by atoms with E-state index in [0.717, 1.165) is 0 Å². The summed E-state index contributed by atoms with van der Waals surface area (Å²) in [6, 6.07) is 0. The van der Waals surface area contributed by atoms with E-state index in [1.54, 1.807) is 0 Å². The molecule has 0 saturated heterocycles. The van der Waals surface area contributed by atoms with E-state index in [2.05, 4.69) is 55.2 Å². The standard InChI is InChI=1S/C10H17P/c1-9(2)7-5-6-8(11)10(9,3)4/h5-7H,11H2,1-4H3. The third kappa shape index (κ3) is 1.29. The third-order valence-corrected chi connectivity index (χ3v) is 4.04. The van der Waals surface area contributed by atoms with E-state index in [4.69, 9.17) is 0 Å². The zero-order valence-electron chi connectivity index (χ0n) is 7.81. The molecule has 0 saturated carbocycles. The van der Waals surface area contributed by atoms with Crippen LogP contribution in [-0.2, 0) is 0 Å². The Morgan fingerprint density at radius 1 is 1.18 bits per heavy atom. The summed E-state index contributed by atoms with van der Waals surface area (Å²) in [7, 11) is 2.83. The van der Waals surface area contributed by atoms with Crippen molar-refractivity contribution in [2.24, 2.45) is 10.8 Å². The predicted octanol–water partition coefficient (Wildman–Crippen LogP) is 3.37. The van der Waals surface area contributed by atoms with E-state index >= 15 is 0 Å². The molecule has 0 aliphatic heterocycles. The summed E-state index contributed by atoms with van der Waals surface area (Å²) >= 11 is 0. The topological polar surface area (TPSA) is 0 Å². The lowest BCUT2D eigenvalue weighted by atomic mass is 9.66. The van der Waals surface area contributed by atoms with Crippen molar-refractivity contribution < 1.29 is 0 Å². The van der Waals surface area contributed by atoms with Gasteiger partial charge in [-0.3, -0.25) is 0 Å². The van der Waals surface area contributed by atoms with Gasteiger partial charge in [0.25, 0.3) is 0 Å². The molecule has 0 fully saturated rings. The van der Waals surface area contributed by atoms with Crippen LogP contribution in [0.4, 0.5) is 0 Å². The molecule has 1 rings (SSSR count). The molecule has 1 unspecified atom stereocenters. The van der Waals surface area contributed by atoms with Gasteiger partial charge in [-0.25, -0.2) is 0 Å². The van der Waals surface area contributed by atoms with Crippen LogP contribution in [0.5, 0.6) is 0 Å². The van der Waals surface area contributed by atoms with Gasteiger partial charge in [0.1, 0.15) is 0 Å². The first-order valence-corrected chi connectivity index (χ1v) is 4.61. The van der Waals surface area contributed by atoms with Crippen LogP contribution in [0.15, 0.2) is 23.5 Å². The van der Waals surface area contributed by atoms with E-state index in [0.29, 0.717) is 0 Å². The lowest BCUT2D eigenvalue weighted by molar-refractivity contribution is 0.224. The van der Waals surface area contributed by atoms with Crippen molar-refractivity contribution in [3.8, 4) is 0 Å². The lowest BCUT2D eigenvalue weighted by Crippen LogP contribution is -2.32. The molecular formula is C10H17P. The van der Waals surface area contributed by atoms with Crippen LogP contribution in [-0.4, -0.2) is 0 Å². The zero-order chi connectivity index (χ0) is 8.70. The molecule has 0 N–H and O–H groups in total. The van der Waals surface area contributed by atoms with Crippen molar-refractivity contribution in [1.29, 1.82) is 0 Å². The van der Waals surface area contributed by atoms with Crippen molar-refractivity contribution in [3.05, 3.63) is 23.5 Å². The molecule has 1 heteroatoms. The van der Waals surface area contributed by atoms with Gasteiger partial charge in [-0.1, -0.05) is 45.9 Å². The molecule has 0 radical (unpaired) electrons. The monoisotopic (exact) mass is 168 g/mol. The Morgan fingerprint density at radius 3 is 2.09 bits per heavy atom. The van der Waals surface area contributed by atoms with Crippen molar-refractivity contribution in [3.63, 3.8) is 0 Å². The average molecular weight is 168 g/mol. The van der Waals surface area contributed by atoms with Crippen LogP contribution >= 0.6 is 9.24 Å². The van der Waals surface area contributed by atoms with E-state index < -0.39 is 0 Å². The molecule has 1 atom stereocenters. The minimum absolute atomic E-state index is 0.270. The molecule has 1 aliphatic carbocycles. The molecule has 11 heavy (non-hydrogen) atoms. The summed E-state index contributed by atoms with van der Waals surface area (Å²) in [5.41, 5.74) is 0.547. The molecule has 0 aromatic heterocycles. The second-order valence-corrected chi connectivity index (χ2v) is 4.95. The van der Waals surface area contributed by atoms with E-state index in [1.165, 1.54) is 5.31 Å². The molecule has 0 spiro atoms. The fraction of sp³-hybridized carbons (Fsp3) is 0.600. The van der Waals surface area contributed by atoms with Crippen molar-refractivity contribution in [1.82, 2.24) is 0 Å². The first kappa shape index (κ1) is 9.00. The van der Waals surface area contributed by atoms with Gasteiger partial charge < -0.3 is 0 Å². The minimum Gasteiger partial charge on any atom is -0.110 e. The number of hydrogen-bond acceptors (Lipinski definition) is 0. The summed E-state index contributed by atoms with van der Waals surface area (Å²) < 4.78 is 0. The average Bonchev–Trinajstić information content (AvgIpc) is 1.84. The summed E-state index contributed by atoms with van der Waals surface area (Å²) in [5, 5.41) is 1.39. The van der Waals surface area contributed by atoms with E-state index in [-0.39, 0.29) is 10.8 Å². The summed E-state index contributed by atoms with van der Waals surface area (Å²) in [6.45, 7) is 9.13. The Hall–Kier alpha value is -0.0900. The van der Waals surface area contributed by atoms with Gasteiger partial charge in [0.15, 0.2) is 0 Å². The smallest absolute Gasteiger partial charge is 0.00187 e. The maximum absolute atomic E-state index is 2.83. The van der Waals surface area contributed by atoms with Gasteiger partial charge >= 0.3 is 0 Å². The SMILES string of the molecule is CC1(C)C=CC=C(P)C1(C)C. The van der Waals surface area contributed by atoms with Crippen LogP contribution < -0.4 is 0 Å². The van der Waals surface area contributed by atoms with Gasteiger partial charge in [0.2, 0.25) is 0 Å². The van der Waals surface area contributed by atoms with Gasteiger partial charge in [0, 0.05) is 0 Å². The molecule has 0 aromatic rings. The van der Waals surface area contributed by atoms with E-state index in [9.17, 15) is 0 Å². The van der Waals surface area contributed by atoms with Crippen LogP contribution in [0.1, 0.15) is 27.7 Å². The highest BCUT2D eigenvalue weighted by Gasteiger charge is 2.37. The Labute approximate surface area is 72.0 Å². The predicted molar refractivity (Wildman–Crippen MR) is 54.5 cm³/mol. The Bertz CT molecular complexity index is 219. The fourth-order valence-corrected chi connectivity index (χ4v) is 1.66. The number of hydrogen-bond donors (Lipinski definition) is 0.